The number of guanidine groups is 2. The van der Waals surface area contributed by atoms with E-state index in [-0.39, 0.29) is 35.5 Å². The minimum atomic E-state index is -1.08. The lowest BCUT2D eigenvalue weighted by atomic mass is 9.95. The molecule has 2 aliphatic carbocycles. The number of aliphatic imine (C=N–C) groups is 1. The van der Waals surface area contributed by atoms with Gasteiger partial charge in [0.15, 0.2) is 11.5 Å². The average molecular weight is 655 g/mol. The van der Waals surface area contributed by atoms with Crippen LogP contribution in [0.25, 0.3) is 17.2 Å². The summed E-state index contributed by atoms with van der Waals surface area (Å²) < 4.78 is 34.3. The van der Waals surface area contributed by atoms with Gasteiger partial charge in [-0.1, -0.05) is 6.07 Å². The van der Waals surface area contributed by atoms with Crippen molar-refractivity contribution in [2.45, 2.75) is 55.2 Å². The van der Waals surface area contributed by atoms with Crippen LogP contribution in [-0.4, -0.2) is 71.5 Å². The summed E-state index contributed by atoms with van der Waals surface area (Å²) in [5, 5.41) is 11.0. The maximum Gasteiger partial charge on any atom is 0.310 e. The van der Waals surface area contributed by atoms with Crippen molar-refractivity contribution in [3.63, 3.8) is 0 Å². The number of nitrogens with two attached hydrogens (primary N) is 1. The molecule has 45 heavy (non-hydrogen) atoms. The zero-order chi connectivity index (χ0) is 32.7. The molecule has 2 aliphatic rings. The number of hydrogen-bond acceptors (Lipinski definition) is 6. The number of ether oxygens (including phenoxy) is 1. The molecule has 13 heteroatoms. The third-order valence-corrected chi connectivity index (χ3v) is 9.75. The van der Waals surface area contributed by atoms with Gasteiger partial charge in [-0.2, -0.15) is 4.99 Å². The van der Waals surface area contributed by atoms with E-state index in [0.717, 1.165) is 52.9 Å². The first-order valence-corrected chi connectivity index (χ1v) is 17.0. The van der Waals surface area contributed by atoms with Crippen LogP contribution in [0.1, 0.15) is 55.7 Å². The van der Waals surface area contributed by atoms with E-state index in [0.29, 0.717) is 11.1 Å². The molecule has 2 aromatic carbocycles. The number of allylic oxidation sites excluding steroid dienone is 2. The van der Waals surface area contributed by atoms with E-state index >= 15 is 0 Å². The summed E-state index contributed by atoms with van der Waals surface area (Å²) >= 11 is 0.378. The molecule has 1 saturated carbocycles. The second-order valence-electron chi connectivity index (χ2n) is 11.2. The van der Waals surface area contributed by atoms with Crippen molar-refractivity contribution < 1.29 is 23.3 Å². The van der Waals surface area contributed by atoms with E-state index in [1.54, 1.807) is 43.5 Å². The number of nitrogens with one attached hydrogen (secondary N) is 3. The first-order valence-electron chi connectivity index (χ1n) is 14.5. The normalized spacial score (nSPS) is 19.6. The van der Waals surface area contributed by atoms with E-state index < -0.39 is 29.6 Å². The summed E-state index contributed by atoms with van der Waals surface area (Å²) in [7, 11) is 3.43. The Balaban J connectivity index is 1.29. The van der Waals surface area contributed by atoms with Crippen LogP contribution >= 0.6 is 11.9 Å². The van der Waals surface area contributed by atoms with E-state index in [4.69, 9.17) is 15.9 Å². The van der Waals surface area contributed by atoms with Crippen molar-refractivity contribution in [3.8, 4) is 0 Å². The molecule has 4 rings (SSSR count). The summed E-state index contributed by atoms with van der Waals surface area (Å²) in [5.74, 6) is -1.12. The fraction of sp³-hybridized carbons (Fsp3) is 0.375. The summed E-state index contributed by atoms with van der Waals surface area (Å²) in [6.45, 7) is 1.49. The van der Waals surface area contributed by atoms with E-state index in [2.05, 4.69) is 15.0 Å². The van der Waals surface area contributed by atoms with Gasteiger partial charge in [-0.25, -0.2) is 4.39 Å². The van der Waals surface area contributed by atoms with Crippen molar-refractivity contribution in [1.82, 2.24) is 14.9 Å². The van der Waals surface area contributed by atoms with Gasteiger partial charge in [0, 0.05) is 25.4 Å². The van der Waals surface area contributed by atoms with Crippen LogP contribution in [0.2, 0.25) is 0 Å². The second kappa shape index (κ2) is 15.5. The van der Waals surface area contributed by atoms with Gasteiger partial charge in [0.1, 0.15) is 12.1 Å². The van der Waals surface area contributed by atoms with Gasteiger partial charge in [-0.15, -0.1) is 0 Å². The molecule has 1 amide bonds. The third kappa shape index (κ3) is 9.35. The lowest BCUT2D eigenvalue weighted by Gasteiger charge is -2.28. The Labute approximate surface area is 270 Å². The molecule has 2 aromatic rings. The first-order chi connectivity index (χ1) is 21.4. The van der Waals surface area contributed by atoms with Crippen molar-refractivity contribution in [2.24, 2.45) is 10.7 Å². The number of hydrogen-bond donors (Lipinski definition) is 4. The fourth-order valence-electron chi connectivity index (χ4n) is 5.22. The number of nitrogens with zero attached hydrogens (tertiary/aromatic N) is 2. The molecule has 1 fully saturated rings. The van der Waals surface area contributed by atoms with Crippen molar-refractivity contribution >= 4 is 64.1 Å². The molecule has 1 unspecified atom stereocenters. The van der Waals surface area contributed by atoms with Gasteiger partial charge in [-0.3, -0.25) is 19.7 Å². The number of carbonyl (C=O) groups excluding carboxylic acids is 2. The van der Waals surface area contributed by atoms with Gasteiger partial charge in [0.05, 0.1) is 6.42 Å². The quantitative estimate of drug-likeness (QED) is 0.103. The van der Waals surface area contributed by atoms with E-state index in [1.807, 2.05) is 25.1 Å². The highest BCUT2D eigenvalue weighted by Gasteiger charge is 2.27. The molecule has 10 nitrogen and oxygen atoms in total. The standard InChI is InChI=1S/C32H39FN6O4S2/c1-19-26(15-20-5-12-24(13-6-20)45(4)42)25-14-7-21(33)16-28(25)27(19)17-30(41)43-18-29(40)36-22-8-10-23(11-9-22)44-38-31(34)37-32(35)39(2)3/h5-7,12-16,22-23H,8-11,17-18H2,1-4H3,(H,36,40)(H4,34,35,37,38)/b26-15-. The zero-order valence-corrected chi connectivity index (χ0v) is 27.4. The number of amides is 1. The van der Waals surface area contributed by atoms with E-state index in [1.165, 1.54) is 24.1 Å². The van der Waals surface area contributed by atoms with Crippen LogP contribution in [0.15, 0.2) is 57.9 Å². The van der Waals surface area contributed by atoms with Gasteiger partial charge >= 0.3 is 5.97 Å². The highest BCUT2D eigenvalue weighted by atomic mass is 32.2. The van der Waals surface area contributed by atoms with Gasteiger partial charge in [0.2, 0.25) is 11.9 Å². The molecular formula is C32H39FN6O4S2. The molecule has 0 spiro atoms. The monoisotopic (exact) mass is 654 g/mol. The predicted octanol–water partition coefficient (Wildman–Crippen LogP) is 4.30. The number of esters is 1. The number of rotatable bonds is 9. The molecular weight excluding hydrogens is 616 g/mol. The number of fused-ring (bicyclic) bond motifs is 1. The highest BCUT2D eigenvalue weighted by molar-refractivity contribution is 7.98. The Morgan fingerprint density at radius 1 is 1.18 bits per heavy atom. The van der Waals surface area contributed by atoms with Crippen molar-refractivity contribution in [3.05, 3.63) is 70.5 Å². The van der Waals surface area contributed by atoms with Crippen LogP contribution in [0, 0.1) is 11.2 Å². The molecule has 1 atom stereocenters. The van der Waals surface area contributed by atoms with Gasteiger partial charge < -0.3 is 25.2 Å². The average Bonchev–Trinajstić information content (AvgIpc) is 3.25. The molecule has 0 bridgehead atoms. The highest BCUT2D eigenvalue weighted by Crippen LogP contribution is 2.44. The van der Waals surface area contributed by atoms with Crippen LogP contribution in [0.3, 0.4) is 0 Å². The lowest BCUT2D eigenvalue weighted by molar-refractivity contribution is -0.147. The molecule has 5 N–H and O–H groups in total. The minimum absolute atomic E-state index is 0.0188. The van der Waals surface area contributed by atoms with Crippen LogP contribution in [0.5, 0.6) is 0 Å². The smallest absolute Gasteiger partial charge is 0.310 e. The minimum Gasteiger partial charge on any atom is -0.612 e. The molecule has 0 saturated heterocycles. The van der Waals surface area contributed by atoms with Crippen molar-refractivity contribution in [2.75, 3.05) is 27.0 Å². The largest absolute Gasteiger partial charge is 0.612 e. The fourth-order valence-corrected chi connectivity index (χ4v) is 6.58. The summed E-state index contributed by atoms with van der Waals surface area (Å²) in [6.07, 6.45) is 6.72. The second-order valence-corrected chi connectivity index (χ2v) is 13.7. The molecule has 0 aromatic heterocycles. The maximum absolute atomic E-state index is 14.3. The number of halogens is 1. The number of benzene rings is 2. The Morgan fingerprint density at radius 2 is 1.87 bits per heavy atom. The Kier molecular flexibility index (Phi) is 11.7. The zero-order valence-electron chi connectivity index (χ0n) is 25.8. The topological polar surface area (TPSA) is 156 Å². The molecule has 0 radical (unpaired) electrons. The lowest BCUT2D eigenvalue weighted by Crippen LogP contribution is -2.41. The molecule has 0 aliphatic heterocycles. The Bertz CT molecular complexity index is 1520. The van der Waals surface area contributed by atoms with Crippen LogP contribution < -0.4 is 15.8 Å². The molecule has 0 heterocycles. The maximum atomic E-state index is 14.3. The number of carbonyl (C=O) groups is 2. The summed E-state index contributed by atoms with van der Waals surface area (Å²) in [6, 6.07) is 11.8. The van der Waals surface area contributed by atoms with Crippen molar-refractivity contribution in [1.29, 1.82) is 5.41 Å². The van der Waals surface area contributed by atoms with Crippen LogP contribution in [-0.2, 0) is 25.5 Å². The Hall–Kier alpha value is -3.81. The van der Waals surface area contributed by atoms with E-state index in [9.17, 15) is 18.5 Å². The van der Waals surface area contributed by atoms with Gasteiger partial charge in [-0.05, 0) is 132 Å². The predicted molar refractivity (Wildman–Crippen MR) is 179 cm³/mol. The SMILES string of the molecule is CC1=C(CC(=O)OCC(=O)NC2CCC(SN/C(N)=N/C(=N)N(C)C)CC2)c2cc(F)ccc2/C1=C\c1ccc([S+](C)[O-])cc1. The van der Waals surface area contributed by atoms with Gasteiger partial charge in [0.25, 0.3) is 5.91 Å². The van der Waals surface area contributed by atoms with Crippen LogP contribution in [0.4, 0.5) is 4.39 Å². The Morgan fingerprint density at radius 3 is 2.51 bits per heavy atom. The summed E-state index contributed by atoms with van der Waals surface area (Å²) in [5.41, 5.74) is 10.5. The first kappa shape index (κ1) is 34.1. The summed E-state index contributed by atoms with van der Waals surface area (Å²) in [4.78, 5) is 31.7. The molecule has 240 valence electrons. The third-order valence-electron chi connectivity index (χ3n) is 7.68.